The molecule has 32 heavy (non-hydrogen) atoms. The Labute approximate surface area is 184 Å². The van der Waals surface area contributed by atoms with Gasteiger partial charge in [-0.25, -0.2) is 18.7 Å². The number of methoxy groups -OCH3 is 1. The summed E-state index contributed by atoms with van der Waals surface area (Å²) in [6, 6.07) is 13.5. The normalized spacial score (nSPS) is 11.2. The minimum atomic E-state index is -0.604. The summed E-state index contributed by atoms with van der Waals surface area (Å²) < 4.78 is 18.1. The maximum Gasteiger partial charge on any atom is 0.373 e. The predicted octanol–water partition coefficient (Wildman–Crippen LogP) is 3.29. The third-order valence-electron chi connectivity index (χ3n) is 4.70. The van der Waals surface area contributed by atoms with Crippen LogP contribution in [-0.4, -0.2) is 37.4 Å². The Kier molecular flexibility index (Phi) is 4.83. The number of fused-ring (bicyclic) bond motifs is 1. The molecule has 0 N–H and O–H groups in total. The van der Waals surface area contributed by atoms with E-state index in [0.717, 1.165) is 0 Å². The number of carbonyl (C=O) groups excluding carboxylic acids is 1. The van der Waals surface area contributed by atoms with Gasteiger partial charge in [-0.05, 0) is 36.4 Å². The highest BCUT2D eigenvalue weighted by Crippen LogP contribution is 2.26. The van der Waals surface area contributed by atoms with Gasteiger partial charge in [-0.3, -0.25) is 0 Å². The Bertz CT molecular complexity index is 1510. The lowest BCUT2D eigenvalue weighted by atomic mass is 10.2. The lowest BCUT2D eigenvalue weighted by molar-refractivity contribution is 0.0562. The highest BCUT2D eigenvalue weighted by atomic mass is 35.5. The first-order valence-electron chi connectivity index (χ1n) is 9.39. The Balaban J connectivity index is 1.52. The average Bonchev–Trinajstić information content (AvgIpc) is 3.54. The van der Waals surface area contributed by atoms with Crippen LogP contribution < -0.4 is 5.69 Å². The molecule has 160 valence electrons. The summed E-state index contributed by atoms with van der Waals surface area (Å²) in [6.45, 7) is 0.0224. The van der Waals surface area contributed by atoms with Gasteiger partial charge in [0.25, 0.3) is 5.89 Å². The standard InChI is InChI=1S/C21H14ClN5O5/c1-30-20(28)16-8-7-14(31-16)11-27-21(29)26-9-3-6-15(18(26)24-27)19-23-17(25-32-19)12-4-2-5-13(22)10-12/h2-10H,11H2,1H3. The Hall–Kier alpha value is -4.18. The summed E-state index contributed by atoms with van der Waals surface area (Å²) in [5, 5.41) is 8.96. The van der Waals surface area contributed by atoms with E-state index in [1.165, 1.54) is 22.3 Å². The van der Waals surface area contributed by atoms with Crippen LogP contribution in [0.2, 0.25) is 5.02 Å². The number of furan rings is 1. The molecule has 4 aromatic heterocycles. The van der Waals surface area contributed by atoms with E-state index in [0.29, 0.717) is 33.4 Å². The van der Waals surface area contributed by atoms with E-state index in [1.54, 1.807) is 42.6 Å². The van der Waals surface area contributed by atoms with Gasteiger partial charge in [0.15, 0.2) is 5.65 Å². The van der Waals surface area contributed by atoms with Crippen molar-refractivity contribution in [3.05, 3.63) is 81.8 Å². The van der Waals surface area contributed by atoms with Crippen molar-refractivity contribution in [3.63, 3.8) is 0 Å². The van der Waals surface area contributed by atoms with Crippen molar-refractivity contribution in [1.82, 2.24) is 24.3 Å². The van der Waals surface area contributed by atoms with Crippen LogP contribution in [-0.2, 0) is 11.3 Å². The fourth-order valence-corrected chi connectivity index (χ4v) is 3.40. The molecule has 1 aromatic carbocycles. The molecule has 11 heteroatoms. The van der Waals surface area contributed by atoms with Gasteiger partial charge < -0.3 is 13.7 Å². The third-order valence-corrected chi connectivity index (χ3v) is 4.94. The third kappa shape index (κ3) is 3.46. The largest absolute Gasteiger partial charge is 0.463 e. The lowest BCUT2D eigenvalue weighted by Gasteiger charge is -1.96. The molecular weight excluding hydrogens is 438 g/mol. The Morgan fingerprint density at radius 3 is 2.88 bits per heavy atom. The first-order valence-corrected chi connectivity index (χ1v) is 9.76. The number of rotatable bonds is 5. The number of ether oxygens (including phenoxy) is 1. The van der Waals surface area contributed by atoms with Crippen LogP contribution in [0.25, 0.3) is 28.5 Å². The highest BCUT2D eigenvalue weighted by Gasteiger charge is 2.19. The maximum atomic E-state index is 12.8. The smallest absolute Gasteiger partial charge is 0.373 e. The number of hydrogen-bond acceptors (Lipinski definition) is 8. The zero-order valence-electron chi connectivity index (χ0n) is 16.6. The fraction of sp³-hybridized carbons (Fsp3) is 0.0952. The zero-order chi connectivity index (χ0) is 22.2. The molecule has 0 amide bonds. The van der Waals surface area contributed by atoms with Gasteiger partial charge in [0.2, 0.25) is 11.6 Å². The number of nitrogens with zero attached hydrogens (tertiary/aromatic N) is 5. The predicted molar refractivity (Wildman–Crippen MR) is 112 cm³/mol. The summed E-state index contributed by atoms with van der Waals surface area (Å²) in [5.41, 5.74) is 1.12. The van der Waals surface area contributed by atoms with Crippen molar-refractivity contribution in [3.8, 4) is 22.8 Å². The van der Waals surface area contributed by atoms with E-state index < -0.39 is 11.7 Å². The quantitative estimate of drug-likeness (QED) is 0.373. The minimum Gasteiger partial charge on any atom is -0.463 e. The summed E-state index contributed by atoms with van der Waals surface area (Å²) >= 11 is 6.04. The molecule has 5 aromatic rings. The Morgan fingerprint density at radius 1 is 1.19 bits per heavy atom. The molecule has 0 atom stereocenters. The van der Waals surface area contributed by atoms with Crippen molar-refractivity contribution in [1.29, 1.82) is 0 Å². The van der Waals surface area contributed by atoms with Gasteiger partial charge in [-0.1, -0.05) is 28.9 Å². The van der Waals surface area contributed by atoms with Gasteiger partial charge in [-0.2, -0.15) is 4.98 Å². The van der Waals surface area contributed by atoms with Crippen LogP contribution >= 0.6 is 11.6 Å². The Morgan fingerprint density at radius 2 is 2.06 bits per heavy atom. The maximum absolute atomic E-state index is 12.8. The minimum absolute atomic E-state index is 0.0224. The van der Waals surface area contributed by atoms with E-state index in [2.05, 4.69) is 20.0 Å². The second-order valence-corrected chi connectivity index (χ2v) is 7.18. The monoisotopic (exact) mass is 451 g/mol. The zero-order valence-corrected chi connectivity index (χ0v) is 17.3. The molecule has 4 heterocycles. The number of hydrogen-bond donors (Lipinski definition) is 0. The summed E-state index contributed by atoms with van der Waals surface area (Å²) in [4.78, 5) is 28.8. The van der Waals surface area contributed by atoms with Crippen LogP contribution in [0.4, 0.5) is 0 Å². The number of benzene rings is 1. The molecule has 5 rings (SSSR count). The molecule has 0 aliphatic carbocycles. The second kappa shape index (κ2) is 7.82. The fourth-order valence-electron chi connectivity index (χ4n) is 3.21. The highest BCUT2D eigenvalue weighted by molar-refractivity contribution is 6.30. The molecule has 0 bridgehead atoms. The average molecular weight is 452 g/mol. The molecule has 0 aliphatic rings. The SMILES string of the molecule is COC(=O)c1ccc(Cn2nc3c(-c4nc(-c5cccc(Cl)c5)no4)cccn3c2=O)o1. The topological polar surface area (TPSA) is 118 Å². The van der Waals surface area contributed by atoms with Crippen LogP contribution in [0.15, 0.2) is 68.5 Å². The van der Waals surface area contributed by atoms with E-state index in [1.807, 2.05) is 6.07 Å². The van der Waals surface area contributed by atoms with Gasteiger partial charge >= 0.3 is 11.7 Å². The lowest BCUT2D eigenvalue weighted by Crippen LogP contribution is -2.21. The van der Waals surface area contributed by atoms with Crippen LogP contribution in [0.1, 0.15) is 16.3 Å². The summed E-state index contributed by atoms with van der Waals surface area (Å²) in [6.07, 6.45) is 1.58. The van der Waals surface area contributed by atoms with Gasteiger partial charge in [-0.15, -0.1) is 5.10 Å². The molecule has 0 saturated heterocycles. The van der Waals surface area contributed by atoms with E-state index in [9.17, 15) is 9.59 Å². The molecule has 0 saturated carbocycles. The first-order chi connectivity index (χ1) is 15.5. The van der Waals surface area contributed by atoms with Crippen LogP contribution in [0, 0.1) is 0 Å². The van der Waals surface area contributed by atoms with Gasteiger partial charge in [0.05, 0.1) is 12.7 Å². The number of halogens is 1. The van der Waals surface area contributed by atoms with Crippen LogP contribution in [0.5, 0.6) is 0 Å². The van der Waals surface area contributed by atoms with Crippen molar-refractivity contribution in [2.75, 3.05) is 7.11 Å². The van der Waals surface area contributed by atoms with Crippen molar-refractivity contribution in [2.45, 2.75) is 6.54 Å². The number of aromatic nitrogens is 5. The van der Waals surface area contributed by atoms with E-state index in [4.69, 9.17) is 20.5 Å². The summed E-state index contributed by atoms with van der Waals surface area (Å²) in [7, 11) is 1.26. The molecular formula is C21H14ClN5O5. The van der Waals surface area contributed by atoms with Gasteiger partial charge in [0.1, 0.15) is 12.3 Å². The molecule has 10 nitrogen and oxygen atoms in total. The van der Waals surface area contributed by atoms with Crippen molar-refractivity contribution in [2.24, 2.45) is 0 Å². The van der Waals surface area contributed by atoms with E-state index in [-0.39, 0.29) is 18.2 Å². The molecule has 0 fully saturated rings. The van der Waals surface area contributed by atoms with Crippen molar-refractivity contribution >= 4 is 23.2 Å². The molecule has 0 aliphatic heterocycles. The number of carbonyl (C=O) groups is 1. The summed E-state index contributed by atoms with van der Waals surface area (Å²) in [5.74, 6) is 0.372. The van der Waals surface area contributed by atoms with Crippen LogP contribution in [0.3, 0.4) is 0 Å². The van der Waals surface area contributed by atoms with E-state index >= 15 is 0 Å². The molecule has 0 radical (unpaired) electrons. The van der Waals surface area contributed by atoms with Crippen molar-refractivity contribution < 1.29 is 18.5 Å². The molecule has 0 spiro atoms. The number of pyridine rings is 1. The second-order valence-electron chi connectivity index (χ2n) is 6.75. The number of esters is 1. The first kappa shape index (κ1) is 19.8. The molecule has 0 unspecified atom stereocenters. The van der Waals surface area contributed by atoms with Gasteiger partial charge in [0, 0.05) is 16.8 Å².